The average Bonchev–Trinajstić information content (AvgIpc) is 2.89. The normalized spacial score (nSPS) is 20.1. The van der Waals surface area contributed by atoms with Gasteiger partial charge < -0.3 is 5.32 Å². The summed E-state index contributed by atoms with van der Waals surface area (Å²) < 4.78 is 26.9. The monoisotopic (exact) mass is 303 g/mol. The summed E-state index contributed by atoms with van der Waals surface area (Å²) in [5, 5.41) is 3.53. The Kier molecular flexibility index (Phi) is 4.78. The summed E-state index contributed by atoms with van der Waals surface area (Å²) in [5.41, 5.74) is 0. The molecule has 0 bridgehead atoms. The standard InChI is InChI=1S/C12H18ClN3O2S/c1-2-5-16(11-3-4-14-8-11)19(17,18)12-6-10(13)7-15-9-12/h6-7,9,11,14H,2-5,8H2,1H3. The minimum absolute atomic E-state index is 0.0175. The molecule has 0 radical (unpaired) electrons. The summed E-state index contributed by atoms with van der Waals surface area (Å²) >= 11 is 5.83. The van der Waals surface area contributed by atoms with Gasteiger partial charge in [-0.05, 0) is 25.5 Å². The van der Waals surface area contributed by atoms with Crippen LogP contribution in [0.2, 0.25) is 5.02 Å². The molecule has 0 amide bonds. The number of halogens is 1. The number of nitrogens with zero attached hydrogens (tertiary/aromatic N) is 2. The molecule has 1 aliphatic heterocycles. The first-order valence-corrected chi connectivity index (χ1v) is 8.20. The molecule has 1 unspecified atom stereocenters. The quantitative estimate of drug-likeness (QED) is 0.895. The first kappa shape index (κ1) is 14.7. The highest BCUT2D eigenvalue weighted by atomic mass is 35.5. The molecule has 0 spiro atoms. The van der Waals surface area contributed by atoms with Crippen LogP contribution in [0.15, 0.2) is 23.4 Å². The third-order valence-electron chi connectivity index (χ3n) is 3.17. The van der Waals surface area contributed by atoms with Crippen LogP contribution in [0.5, 0.6) is 0 Å². The van der Waals surface area contributed by atoms with Gasteiger partial charge in [-0.1, -0.05) is 18.5 Å². The van der Waals surface area contributed by atoms with Crippen LogP contribution in [0.1, 0.15) is 19.8 Å². The molecular weight excluding hydrogens is 286 g/mol. The van der Waals surface area contributed by atoms with Gasteiger partial charge in [-0.15, -0.1) is 0 Å². The van der Waals surface area contributed by atoms with E-state index in [0.717, 1.165) is 19.4 Å². The molecule has 0 aromatic carbocycles. The molecule has 5 nitrogen and oxygen atoms in total. The molecular formula is C12H18ClN3O2S. The number of hydrogen-bond acceptors (Lipinski definition) is 4. The molecule has 1 aromatic heterocycles. The van der Waals surface area contributed by atoms with Crippen molar-refractivity contribution >= 4 is 21.6 Å². The summed E-state index contributed by atoms with van der Waals surface area (Å²) in [4.78, 5) is 4.03. The maximum absolute atomic E-state index is 12.7. The van der Waals surface area contributed by atoms with E-state index in [1.807, 2.05) is 6.92 Å². The van der Waals surface area contributed by atoms with Crippen LogP contribution >= 0.6 is 11.6 Å². The lowest BCUT2D eigenvalue weighted by atomic mass is 10.2. The Morgan fingerprint density at radius 1 is 1.53 bits per heavy atom. The number of pyridine rings is 1. The van der Waals surface area contributed by atoms with Gasteiger partial charge in [0.05, 0.1) is 5.02 Å². The van der Waals surface area contributed by atoms with Gasteiger partial charge in [0.15, 0.2) is 0 Å². The predicted octanol–water partition coefficient (Wildman–Crippen LogP) is 1.50. The lowest BCUT2D eigenvalue weighted by molar-refractivity contribution is 0.335. The Morgan fingerprint density at radius 2 is 2.32 bits per heavy atom. The summed E-state index contributed by atoms with van der Waals surface area (Å²) in [6.45, 7) is 4.05. The van der Waals surface area contributed by atoms with Crippen molar-refractivity contribution in [1.82, 2.24) is 14.6 Å². The number of rotatable bonds is 5. The smallest absolute Gasteiger partial charge is 0.244 e. The topological polar surface area (TPSA) is 62.3 Å². The molecule has 1 fully saturated rings. The summed E-state index contributed by atoms with van der Waals surface area (Å²) in [6, 6.07) is 1.47. The van der Waals surface area contributed by atoms with Gasteiger partial charge >= 0.3 is 0 Å². The molecule has 1 aromatic rings. The van der Waals surface area contributed by atoms with E-state index in [0.29, 0.717) is 18.1 Å². The number of sulfonamides is 1. The first-order valence-electron chi connectivity index (χ1n) is 6.39. The van der Waals surface area contributed by atoms with Crippen LogP contribution in [-0.4, -0.2) is 43.4 Å². The van der Waals surface area contributed by atoms with Gasteiger partial charge in [0, 0.05) is 31.5 Å². The molecule has 0 saturated carbocycles. The third kappa shape index (κ3) is 3.25. The summed E-state index contributed by atoms with van der Waals surface area (Å²) in [7, 11) is -3.52. The lowest BCUT2D eigenvalue weighted by Crippen LogP contribution is -2.42. The van der Waals surface area contributed by atoms with Crippen LogP contribution in [-0.2, 0) is 10.0 Å². The first-order chi connectivity index (χ1) is 9.05. The van der Waals surface area contributed by atoms with E-state index in [1.54, 1.807) is 4.31 Å². The lowest BCUT2D eigenvalue weighted by Gasteiger charge is -2.27. The Balaban J connectivity index is 2.33. The van der Waals surface area contributed by atoms with Gasteiger partial charge in [0.2, 0.25) is 10.0 Å². The van der Waals surface area contributed by atoms with Gasteiger partial charge in [0.1, 0.15) is 4.90 Å². The van der Waals surface area contributed by atoms with Gasteiger partial charge in [-0.25, -0.2) is 8.42 Å². The number of hydrogen-bond donors (Lipinski definition) is 1. The Bertz CT molecular complexity index is 530. The predicted molar refractivity (Wildman–Crippen MR) is 74.7 cm³/mol. The van der Waals surface area contributed by atoms with Gasteiger partial charge in [-0.3, -0.25) is 4.98 Å². The maximum atomic E-state index is 12.7. The van der Waals surface area contributed by atoms with Crippen LogP contribution < -0.4 is 5.32 Å². The van der Waals surface area contributed by atoms with E-state index >= 15 is 0 Å². The molecule has 1 N–H and O–H groups in total. The van der Waals surface area contributed by atoms with Gasteiger partial charge in [-0.2, -0.15) is 4.31 Å². The molecule has 2 heterocycles. The molecule has 106 valence electrons. The fourth-order valence-corrected chi connectivity index (χ4v) is 4.25. The highest BCUT2D eigenvalue weighted by molar-refractivity contribution is 7.89. The van der Waals surface area contributed by atoms with E-state index in [2.05, 4.69) is 10.3 Å². The third-order valence-corrected chi connectivity index (χ3v) is 5.30. The summed E-state index contributed by atoms with van der Waals surface area (Å²) in [5.74, 6) is 0. The zero-order chi connectivity index (χ0) is 13.9. The minimum atomic E-state index is -3.52. The highest BCUT2D eigenvalue weighted by Gasteiger charge is 2.32. The SMILES string of the molecule is CCCN(C1CCNC1)S(=O)(=O)c1cncc(Cl)c1. The Labute approximate surface area is 119 Å². The fourth-order valence-electron chi connectivity index (χ4n) is 2.27. The second-order valence-corrected chi connectivity index (χ2v) is 6.93. The molecule has 19 heavy (non-hydrogen) atoms. The summed E-state index contributed by atoms with van der Waals surface area (Å²) in [6.07, 6.45) is 4.41. The van der Waals surface area contributed by atoms with E-state index < -0.39 is 10.0 Å². The molecule has 1 atom stereocenters. The van der Waals surface area contributed by atoms with Crippen LogP contribution in [0.3, 0.4) is 0 Å². The van der Waals surface area contributed by atoms with E-state index in [4.69, 9.17) is 11.6 Å². The van der Waals surface area contributed by atoms with Gasteiger partial charge in [0.25, 0.3) is 0 Å². The Hall–Kier alpha value is -0.690. The van der Waals surface area contributed by atoms with Crippen molar-refractivity contribution in [3.63, 3.8) is 0 Å². The van der Waals surface area contributed by atoms with Crippen molar-refractivity contribution in [1.29, 1.82) is 0 Å². The maximum Gasteiger partial charge on any atom is 0.244 e. The zero-order valence-corrected chi connectivity index (χ0v) is 12.4. The van der Waals surface area contributed by atoms with E-state index in [-0.39, 0.29) is 10.9 Å². The van der Waals surface area contributed by atoms with Crippen molar-refractivity contribution in [2.75, 3.05) is 19.6 Å². The molecule has 2 rings (SSSR count). The average molecular weight is 304 g/mol. The Morgan fingerprint density at radius 3 is 2.89 bits per heavy atom. The number of nitrogens with one attached hydrogen (secondary N) is 1. The van der Waals surface area contributed by atoms with E-state index in [9.17, 15) is 8.42 Å². The van der Waals surface area contributed by atoms with Crippen molar-refractivity contribution in [2.24, 2.45) is 0 Å². The molecule has 1 aliphatic rings. The highest BCUT2D eigenvalue weighted by Crippen LogP contribution is 2.22. The van der Waals surface area contributed by atoms with Crippen molar-refractivity contribution in [2.45, 2.75) is 30.7 Å². The van der Waals surface area contributed by atoms with Crippen LogP contribution in [0, 0.1) is 0 Å². The van der Waals surface area contributed by atoms with Crippen molar-refractivity contribution in [3.05, 3.63) is 23.5 Å². The van der Waals surface area contributed by atoms with E-state index in [1.165, 1.54) is 18.5 Å². The largest absolute Gasteiger partial charge is 0.315 e. The second kappa shape index (κ2) is 6.17. The van der Waals surface area contributed by atoms with Crippen molar-refractivity contribution in [3.8, 4) is 0 Å². The van der Waals surface area contributed by atoms with Crippen LogP contribution in [0.25, 0.3) is 0 Å². The zero-order valence-electron chi connectivity index (χ0n) is 10.8. The van der Waals surface area contributed by atoms with Crippen molar-refractivity contribution < 1.29 is 8.42 Å². The molecule has 7 heteroatoms. The minimum Gasteiger partial charge on any atom is -0.315 e. The number of aromatic nitrogens is 1. The second-order valence-electron chi connectivity index (χ2n) is 4.60. The fraction of sp³-hybridized carbons (Fsp3) is 0.583. The molecule has 0 aliphatic carbocycles. The van der Waals surface area contributed by atoms with Crippen LogP contribution in [0.4, 0.5) is 0 Å². The molecule has 1 saturated heterocycles.